The predicted octanol–water partition coefficient (Wildman–Crippen LogP) is 5.88. The molecule has 0 aliphatic carbocycles. The Balaban J connectivity index is 1.88. The monoisotopic (exact) mass is 342 g/mol. The topological polar surface area (TPSA) is 33.6 Å². The maximum atomic E-state index is 6.31. The highest BCUT2D eigenvalue weighted by atomic mass is 16.5. The molecule has 4 rings (SSSR count). The summed E-state index contributed by atoms with van der Waals surface area (Å²) in [6.45, 7) is 6.26. The Morgan fingerprint density at radius 2 is 1.50 bits per heavy atom. The molecule has 3 heteroatoms. The Kier molecular flexibility index (Phi) is 4.00. The molecule has 26 heavy (non-hydrogen) atoms. The first kappa shape index (κ1) is 16.4. The van der Waals surface area contributed by atoms with Crippen molar-refractivity contribution in [1.29, 1.82) is 0 Å². The fraction of sp³-hybridized carbons (Fsp3) is 0.174. The SMILES string of the molecule is CC(C)(C)N=C1C=C(c2ccccc2)Oc2cc3ccccc3cc2N1. The van der Waals surface area contributed by atoms with Crippen molar-refractivity contribution in [3.63, 3.8) is 0 Å². The number of nitrogens with one attached hydrogen (secondary N) is 1. The highest BCUT2D eigenvalue weighted by Gasteiger charge is 2.18. The van der Waals surface area contributed by atoms with Gasteiger partial charge in [0.05, 0.1) is 11.2 Å². The molecule has 1 heterocycles. The van der Waals surface area contributed by atoms with Crippen molar-refractivity contribution in [3.8, 4) is 5.75 Å². The lowest BCUT2D eigenvalue weighted by Crippen LogP contribution is -2.18. The van der Waals surface area contributed by atoms with Gasteiger partial charge in [0.1, 0.15) is 11.6 Å². The van der Waals surface area contributed by atoms with Gasteiger partial charge < -0.3 is 10.1 Å². The number of benzene rings is 3. The highest BCUT2D eigenvalue weighted by molar-refractivity contribution is 6.10. The number of fused-ring (bicyclic) bond motifs is 2. The summed E-state index contributed by atoms with van der Waals surface area (Å²) in [7, 11) is 0. The molecule has 1 aliphatic heterocycles. The summed E-state index contributed by atoms with van der Waals surface area (Å²) in [5.74, 6) is 2.39. The normalized spacial score (nSPS) is 15.7. The zero-order valence-electron chi connectivity index (χ0n) is 15.3. The van der Waals surface area contributed by atoms with Crippen molar-refractivity contribution in [3.05, 3.63) is 78.4 Å². The second-order valence-electron chi connectivity index (χ2n) is 7.47. The van der Waals surface area contributed by atoms with E-state index in [1.165, 1.54) is 5.39 Å². The molecule has 3 aromatic carbocycles. The summed E-state index contributed by atoms with van der Waals surface area (Å²) in [6, 6.07) is 22.6. The molecule has 3 aromatic rings. The predicted molar refractivity (Wildman–Crippen MR) is 110 cm³/mol. The van der Waals surface area contributed by atoms with Crippen molar-refractivity contribution in [2.75, 3.05) is 5.32 Å². The third-order valence-corrected chi connectivity index (χ3v) is 4.11. The molecule has 3 nitrogen and oxygen atoms in total. The minimum absolute atomic E-state index is 0.192. The summed E-state index contributed by atoms with van der Waals surface area (Å²) >= 11 is 0. The number of nitrogens with zero attached hydrogens (tertiary/aromatic N) is 1. The van der Waals surface area contributed by atoms with Crippen LogP contribution < -0.4 is 10.1 Å². The van der Waals surface area contributed by atoms with Crippen LogP contribution in [0.5, 0.6) is 5.75 Å². The maximum absolute atomic E-state index is 6.31. The van der Waals surface area contributed by atoms with Gasteiger partial charge in [-0.15, -0.1) is 0 Å². The summed E-state index contributed by atoms with van der Waals surface area (Å²) in [5.41, 5.74) is 1.76. The first-order valence-corrected chi connectivity index (χ1v) is 8.83. The van der Waals surface area contributed by atoms with Gasteiger partial charge in [0.2, 0.25) is 0 Å². The van der Waals surface area contributed by atoms with E-state index < -0.39 is 0 Å². The van der Waals surface area contributed by atoms with Gasteiger partial charge in [-0.05, 0) is 43.7 Å². The van der Waals surface area contributed by atoms with E-state index in [4.69, 9.17) is 9.73 Å². The average molecular weight is 342 g/mol. The van der Waals surface area contributed by atoms with Crippen LogP contribution in [-0.2, 0) is 0 Å². The Morgan fingerprint density at radius 1 is 0.846 bits per heavy atom. The molecule has 0 fully saturated rings. The number of hydrogen-bond donors (Lipinski definition) is 1. The van der Waals surface area contributed by atoms with E-state index in [-0.39, 0.29) is 5.54 Å². The summed E-state index contributed by atoms with van der Waals surface area (Å²) in [5, 5.41) is 5.77. The maximum Gasteiger partial charge on any atom is 0.151 e. The second kappa shape index (κ2) is 6.34. The molecular formula is C23H22N2O. The summed E-state index contributed by atoms with van der Waals surface area (Å²) in [4.78, 5) is 4.83. The fourth-order valence-corrected chi connectivity index (χ4v) is 3.01. The number of ether oxygens (including phenoxy) is 1. The average Bonchev–Trinajstić information content (AvgIpc) is 2.77. The molecule has 1 aliphatic rings. The number of amidine groups is 1. The van der Waals surface area contributed by atoms with E-state index in [1.807, 2.05) is 48.5 Å². The molecule has 0 atom stereocenters. The molecule has 0 spiro atoms. The van der Waals surface area contributed by atoms with Crippen LogP contribution in [0.15, 0.2) is 77.8 Å². The molecule has 0 saturated heterocycles. The van der Waals surface area contributed by atoms with E-state index in [9.17, 15) is 0 Å². The van der Waals surface area contributed by atoms with E-state index in [0.29, 0.717) is 0 Å². The summed E-state index contributed by atoms with van der Waals surface area (Å²) < 4.78 is 6.31. The van der Waals surface area contributed by atoms with E-state index >= 15 is 0 Å². The van der Waals surface area contributed by atoms with Gasteiger partial charge >= 0.3 is 0 Å². The van der Waals surface area contributed by atoms with Crippen molar-refractivity contribution < 1.29 is 4.74 Å². The minimum atomic E-state index is -0.192. The van der Waals surface area contributed by atoms with Crippen molar-refractivity contribution in [2.45, 2.75) is 26.3 Å². The van der Waals surface area contributed by atoms with Crippen molar-refractivity contribution >= 4 is 28.1 Å². The van der Waals surface area contributed by atoms with Gasteiger partial charge in [-0.3, -0.25) is 4.99 Å². The lowest BCUT2D eigenvalue weighted by molar-refractivity contribution is 0.520. The molecular weight excluding hydrogens is 320 g/mol. The van der Waals surface area contributed by atoms with Crippen molar-refractivity contribution in [2.24, 2.45) is 4.99 Å². The second-order valence-corrected chi connectivity index (χ2v) is 7.47. The van der Waals surface area contributed by atoms with Crippen LogP contribution in [0.1, 0.15) is 26.3 Å². The van der Waals surface area contributed by atoms with Crippen LogP contribution in [0.2, 0.25) is 0 Å². The van der Waals surface area contributed by atoms with Gasteiger partial charge in [0.25, 0.3) is 0 Å². The highest BCUT2D eigenvalue weighted by Crippen LogP contribution is 2.35. The lowest BCUT2D eigenvalue weighted by Gasteiger charge is -2.15. The zero-order valence-corrected chi connectivity index (χ0v) is 15.3. The minimum Gasteiger partial charge on any atom is -0.454 e. The smallest absolute Gasteiger partial charge is 0.151 e. The number of hydrogen-bond acceptors (Lipinski definition) is 2. The first-order valence-electron chi connectivity index (χ1n) is 8.83. The fourth-order valence-electron chi connectivity index (χ4n) is 3.01. The Morgan fingerprint density at radius 3 is 2.19 bits per heavy atom. The van der Waals surface area contributed by atoms with Gasteiger partial charge in [-0.25, -0.2) is 0 Å². The molecule has 1 N–H and O–H groups in total. The molecule has 0 amide bonds. The summed E-state index contributed by atoms with van der Waals surface area (Å²) in [6.07, 6.45) is 1.98. The zero-order chi connectivity index (χ0) is 18.1. The van der Waals surface area contributed by atoms with E-state index in [0.717, 1.165) is 34.0 Å². The molecule has 0 unspecified atom stereocenters. The first-order chi connectivity index (χ1) is 12.5. The van der Waals surface area contributed by atoms with Crippen LogP contribution in [0.25, 0.3) is 16.5 Å². The number of anilines is 1. The molecule has 0 radical (unpaired) electrons. The van der Waals surface area contributed by atoms with Gasteiger partial charge in [-0.1, -0.05) is 54.6 Å². The third kappa shape index (κ3) is 3.47. The Bertz CT molecular complexity index is 1010. The number of aliphatic imine (C=N–C) groups is 1. The largest absolute Gasteiger partial charge is 0.454 e. The molecule has 0 saturated carbocycles. The van der Waals surface area contributed by atoms with Crippen LogP contribution in [-0.4, -0.2) is 11.4 Å². The van der Waals surface area contributed by atoms with Gasteiger partial charge in [0, 0.05) is 11.6 Å². The van der Waals surface area contributed by atoms with Crippen LogP contribution >= 0.6 is 0 Å². The van der Waals surface area contributed by atoms with E-state index in [2.05, 4.69) is 50.4 Å². The molecule has 0 aromatic heterocycles. The Labute approximate surface area is 154 Å². The standard InChI is InChI=1S/C23H22N2O/c1-23(2,3)25-22-15-20(16-9-5-4-6-10-16)26-21-14-18-12-8-7-11-17(18)13-19(21)24-22/h4-15H,1-3H3,(H,24,25). The Hall–Kier alpha value is -3.07. The van der Waals surface area contributed by atoms with E-state index in [1.54, 1.807) is 0 Å². The van der Waals surface area contributed by atoms with Crippen molar-refractivity contribution in [1.82, 2.24) is 0 Å². The van der Waals surface area contributed by atoms with Crippen LogP contribution in [0.3, 0.4) is 0 Å². The van der Waals surface area contributed by atoms with Crippen LogP contribution in [0, 0.1) is 0 Å². The van der Waals surface area contributed by atoms with Gasteiger partial charge in [-0.2, -0.15) is 0 Å². The third-order valence-electron chi connectivity index (χ3n) is 4.11. The molecule has 0 bridgehead atoms. The van der Waals surface area contributed by atoms with Crippen LogP contribution in [0.4, 0.5) is 5.69 Å². The lowest BCUT2D eigenvalue weighted by atomic mass is 10.1. The molecule has 130 valence electrons. The van der Waals surface area contributed by atoms with Gasteiger partial charge in [0.15, 0.2) is 5.75 Å². The quantitative estimate of drug-likeness (QED) is 0.599. The number of rotatable bonds is 1.